The third-order valence-corrected chi connectivity index (χ3v) is 3.64. The van der Waals surface area contributed by atoms with Gasteiger partial charge in [0, 0.05) is 5.92 Å². The van der Waals surface area contributed by atoms with Gasteiger partial charge in [0.25, 0.3) is 0 Å². The highest BCUT2D eigenvalue weighted by molar-refractivity contribution is 5.91. The summed E-state index contributed by atoms with van der Waals surface area (Å²) < 4.78 is 49.1. The summed E-state index contributed by atoms with van der Waals surface area (Å²) in [6.45, 7) is 1.73. The Hall–Kier alpha value is -1.73. The molecule has 5 nitrogen and oxygen atoms in total. The standard InChI is InChI=1S/C13H17F3N2O3/c1-2-20-12(19)9-10(17)21-11(18-9)7-5-3-4-6-8(7)13(14,15)16/h7-8H,2-6,17H2,1H3. The molecule has 1 aliphatic carbocycles. The number of carbonyl (C=O) groups excluding carboxylic acids is 1. The lowest BCUT2D eigenvalue weighted by Crippen LogP contribution is -2.31. The fraction of sp³-hybridized carbons (Fsp3) is 0.692. The molecule has 21 heavy (non-hydrogen) atoms. The largest absolute Gasteiger partial charge is 0.461 e. The number of nitrogen functional groups attached to an aromatic ring is 1. The molecule has 0 spiro atoms. The average Bonchev–Trinajstić information content (AvgIpc) is 2.80. The number of oxazole rings is 1. The van der Waals surface area contributed by atoms with Crippen molar-refractivity contribution in [3.8, 4) is 0 Å². The zero-order chi connectivity index (χ0) is 15.6. The van der Waals surface area contributed by atoms with E-state index in [2.05, 4.69) is 4.98 Å². The van der Waals surface area contributed by atoms with E-state index in [1.54, 1.807) is 6.92 Å². The normalized spacial score (nSPS) is 23.0. The molecule has 1 aliphatic rings. The van der Waals surface area contributed by atoms with Gasteiger partial charge in [0.15, 0.2) is 0 Å². The number of hydrogen-bond donors (Lipinski definition) is 1. The summed E-state index contributed by atoms with van der Waals surface area (Å²) >= 11 is 0. The molecular weight excluding hydrogens is 289 g/mol. The average molecular weight is 306 g/mol. The highest BCUT2D eigenvalue weighted by Gasteiger charge is 2.48. The Bertz CT molecular complexity index is 513. The molecule has 8 heteroatoms. The maximum Gasteiger partial charge on any atom is 0.392 e. The first kappa shape index (κ1) is 15.7. The van der Waals surface area contributed by atoms with Crippen molar-refractivity contribution < 1.29 is 27.1 Å². The van der Waals surface area contributed by atoms with Crippen LogP contribution >= 0.6 is 0 Å². The highest BCUT2D eigenvalue weighted by Crippen LogP contribution is 2.46. The van der Waals surface area contributed by atoms with Crippen LogP contribution in [0.1, 0.15) is 54.9 Å². The van der Waals surface area contributed by atoms with Crippen molar-refractivity contribution in [1.82, 2.24) is 4.98 Å². The van der Waals surface area contributed by atoms with Crippen LogP contribution in [0.25, 0.3) is 0 Å². The first-order valence-electron chi connectivity index (χ1n) is 6.84. The summed E-state index contributed by atoms with van der Waals surface area (Å²) in [5.41, 5.74) is 5.27. The number of halogens is 3. The second-order valence-electron chi connectivity index (χ2n) is 5.02. The summed E-state index contributed by atoms with van der Waals surface area (Å²) in [5.74, 6) is -3.62. The molecule has 1 aromatic rings. The molecule has 1 aromatic heterocycles. The van der Waals surface area contributed by atoms with Crippen LogP contribution in [0, 0.1) is 5.92 Å². The van der Waals surface area contributed by atoms with Gasteiger partial charge in [-0.2, -0.15) is 13.2 Å². The van der Waals surface area contributed by atoms with Crippen molar-refractivity contribution in [3.63, 3.8) is 0 Å². The summed E-state index contributed by atoms with van der Waals surface area (Å²) in [7, 11) is 0. The third-order valence-electron chi connectivity index (χ3n) is 3.64. The maximum atomic E-state index is 13.1. The second kappa shape index (κ2) is 5.95. The Morgan fingerprint density at radius 1 is 1.43 bits per heavy atom. The molecule has 0 bridgehead atoms. The van der Waals surface area contributed by atoms with Crippen molar-refractivity contribution >= 4 is 11.9 Å². The number of aromatic nitrogens is 1. The zero-order valence-corrected chi connectivity index (χ0v) is 11.6. The first-order valence-corrected chi connectivity index (χ1v) is 6.84. The number of hydrogen-bond acceptors (Lipinski definition) is 5. The van der Waals surface area contributed by atoms with Gasteiger partial charge in [0.05, 0.1) is 12.5 Å². The number of esters is 1. The van der Waals surface area contributed by atoms with Crippen molar-refractivity contribution in [2.24, 2.45) is 5.92 Å². The summed E-state index contributed by atoms with van der Waals surface area (Å²) in [5, 5.41) is 0. The topological polar surface area (TPSA) is 78.3 Å². The SMILES string of the molecule is CCOC(=O)c1nc(C2CCCCC2C(F)(F)F)oc1N. The van der Waals surface area contributed by atoms with Gasteiger partial charge in [-0.1, -0.05) is 12.8 Å². The minimum atomic E-state index is -4.32. The van der Waals surface area contributed by atoms with E-state index in [0.717, 1.165) is 0 Å². The van der Waals surface area contributed by atoms with Crippen LogP contribution in [0.5, 0.6) is 0 Å². The summed E-state index contributed by atoms with van der Waals surface area (Å²) in [6.07, 6.45) is -2.80. The molecule has 0 saturated heterocycles. The first-order chi connectivity index (χ1) is 9.84. The molecule has 1 saturated carbocycles. The Morgan fingerprint density at radius 2 is 2.10 bits per heavy atom. The van der Waals surface area contributed by atoms with Gasteiger partial charge in [-0.3, -0.25) is 0 Å². The van der Waals surface area contributed by atoms with E-state index in [-0.39, 0.29) is 30.5 Å². The highest BCUT2D eigenvalue weighted by atomic mass is 19.4. The van der Waals surface area contributed by atoms with Gasteiger partial charge in [0.2, 0.25) is 17.5 Å². The number of alkyl halides is 3. The Kier molecular flexibility index (Phi) is 4.43. The molecule has 1 heterocycles. The molecule has 0 radical (unpaired) electrons. The molecule has 2 N–H and O–H groups in total. The van der Waals surface area contributed by atoms with Gasteiger partial charge in [0.1, 0.15) is 0 Å². The Balaban J connectivity index is 2.28. The van der Waals surface area contributed by atoms with E-state index >= 15 is 0 Å². The van der Waals surface area contributed by atoms with Crippen LogP contribution in [0.15, 0.2) is 4.42 Å². The van der Waals surface area contributed by atoms with Crippen molar-refractivity contribution in [3.05, 3.63) is 11.6 Å². The minimum Gasteiger partial charge on any atom is -0.461 e. The number of nitrogens with two attached hydrogens (primary N) is 1. The lowest BCUT2D eigenvalue weighted by atomic mass is 9.78. The van der Waals surface area contributed by atoms with Crippen molar-refractivity contribution in [2.45, 2.75) is 44.7 Å². The fourth-order valence-corrected chi connectivity index (χ4v) is 2.67. The number of carbonyl (C=O) groups is 1. The van der Waals surface area contributed by atoms with Crippen molar-refractivity contribution in [2.75, 3.05) is 12.3 Å². The molecule has 0 aromatic carbocycles. The van der Waals surface area contributed by atoms with Crippen LogP contribution in [0.2, 0.25) is 0 Å². The zero-order valence-electron chi connectivity index (χ0n) is 11.6. The molecule has 2 atom stereocenters. The monoisotopic (exact) mass is 306 g/mol. The van der Waals surface area contributed by atoms with E-state index in [1.807, 2.05) is 0 Å². The van der Waals surface area contributed by atoms with Gasteiger partial charge < -0.3 is 14.9 Å². The van der Waals surface area contributed by atoms with Crippen LogP contribution in [-0.4, -0.2) is 23.7 Å². The molecule has 0 aliphatic heterocycles. The fourth-order valence-electron chi connectivity index (χ4n) is 2.67. The van der Waals surface area contributed by atoms with E-state index in [1.165, 1.54) is 0 Å². The summed E-state index contributed by atoms with van der Waals surface area (Å²) in [6, 6.07) is 0. The van der Waals surface area contributed by atoms with Crippen LogP contribution < -0.4 is 5.73 Å². The third kappa shape index (κ3) is 3.30. The maximum absolute atomic E-state index is 13.1. The van der Waals surface area contributed by atoms with E-state index < -0.39 is 24.0 Å². The van der Waals surface area contributed by atoms with Gasteiger partial charge in [-0.25, -0.2) is 9.78 Å². The van der Waals surface area contributed by atoms with Crippen LogP contribution in [0.4, 0.5) is 19.1 Å². The molecule has 2 unspecified atom stereocenters. The number of ether oxygens (including phenoxy) is 1. The molecule has 2 rings (SSSR count). The number of anilines is 1. The quantitative estimate of drug-likeness (QED) is 0.867. The van der Waals surface area contributed by atoms with E-state index in [0.29, 0.717) is 19.3 Å². The van der Waals surface area contributed by atoms with Crippen LogP contribution in [0.3, 0.4) is 0 Å². The number of rotatable bonds is 3. The lowest BCUT2D eigenvalue weighted by Gasteiger charge is -2.30. The molecular formula is C13H17F3N2O3. The Morgan fingerprint density at radius 3 is 2.71 bits per heavy atom. The molecule has 118 valence electrons. The predicted molar refractivity (Wildman–Crippen MR) is 67.6 cm³/mol. The van der Waals surface area contributed by atoms with Crippen LogP contribution in [-0.2, 0) is 4.74 Å². The second-order valence-corrected chi connectivity index (χ2v) is 5.02. The van der Waals surface area contributed by atoms with Crippen molar-refractivity contribution in [1.29, 1.82) is 0 Å². The predicted octanol–water partition coefficient (Wildman–Crippen LogP) is 3.27. The minimum absolute atomic E-state index is 0.0329. The van der Waals surface area contributed by atoms with E-state index in [4.69, 9.17) is 14.9 Å². The summed E-state index contributed by atoms with van der Waals surface area (Å²) in [4.78, 5) is 15.4. The van der Waals surface area contributed by atoms with Gasteiger partial charge >= 0.3 is 12.1 Å². The smallest absolute Gasteiger partial charge is 0.392 e. The van der Waals surface area contributed by atoms with Gasteiger partial charge in [-0.05, 0) is 19.8 Å². The van der Waals surface area contributed by atoms with Gasteiger partial charge in [-0.15, -0.1) is 0 Å². The Labute approximate surface area is 119 Å². The number of nitrogens with zero attached hydrogens (tertiary/aromatic N) is 1. The molecule has 0 amide bonds. The lowest BCUT2D eigenvalue weighted by molar-refractivity contribution is -0.188. The van der Waals surface area contributed by atoms with E-state index in [9.17, 15) is 18.0 Å². The molecule has 1 fully saturated rings.